The summed E-state index contributed by atoms with van der Waals surface area (Å²) in [4.78, 5) is 0. The summed E-state index contributed by atoms with van der Waals surface area (Å²) in [5.74, 6) is 9.97. The predicted molar refractivity (Wildman–Crippen MR) is 345 cm³/mol. The average Bonchev–Trinajstić information content (AvgIpc) is 1.28. The minimum Gasteiger partial charge on any atom is -0.228 e. The summed E-state index contributed by atoms with van der Waals surface area (Å²) < 4.78 is 8.05. The van der Waals surface area contributed by atoms with Crippen LogP contribution in [0.25, 0.3) is 45.0 Å². The highest BCUT2D eigenvalue weighted by Crippen LogP contribution is 2.63. The summed E-state index contributed by atoms with van der Waals surface area (Å²) in [7, 11) is 0. The summed E-state index contributed by atoms with van der Waals surface area (Å²) in [6.45, 7) is 0. The van der Waals surface area contributed by atoms with E-state index in [0.29, 0.717) is 22.8 Å². The van der Waals surface area contributed by atoms with Crippen molar-refractivity contribution in [2.24, 2.45) is 71.0 Å². The number of nitrogens with zero attached hydrogens (tertiary/aromatic N) is 16. The molecule has 16 aliphatic carbocycles. The number of hydrogen-bond donors (Lipinski definition) is 0. The molecule has 4 heterocycles. The van der Waals surface area contributed by atoms with E-state index in [1.54, 1.807) is 0 Å². The molecule has 0 radical (unpaired) electrons. The van der Waals surface area contributed by atoms with E-state index in [2.05, 4.69) is 65.5 Å². The maximum Gasteiger partial charge on any atom is 0.167 e. The molecule has 16 bridgehead atoms. The molecule has 0 unspecified atom stereocenters. The van der Waals surface area contributed by atoms with E-state index in [1.807, 2.05) is 140 Å². The van der Waals surface area contributed by atoms with Gasteiger partial charge in [0, 0.05) is 22.3 Å². The lowest BCUT2D eigenvalue weighted by molar-refractivity contribution is -0.0507. The molecule has 4 aromatic heterocycles. The SMILES string of the molecule is N#Cc1c(-c2ccccc2)nnn1C12CC3CC(CC(C3)C1)C2.N#Cc1c(-c2ccccc2)nnn1C12CC3CC(CC(C3)C1)C2.N#Cc1c(-c2ccccc2)nnn1C12CC3CC(CC(C3)C1)C2.N#Cc1c(-c2ccccc2)nnn1C12CC3CC(CC(C3)C1)C2. The molecule has 0 amide bonds. The molecule has 16 fully saturated rings. The van der Waals surface area contributed by atoms with Crippen molar-refractivity contribution in [3.8, 4) is 69.3 Å². The van der Waals surface area contributed by atoms with Crippen LogP contribution in [0, 0.1) is 116 Å². The van der Waals surface area contributed by atoms with Gasteiger partial charge in [0.1, 0.15) is 47.1 Å². The quantitative estimate of drug-likeness (QED) is 0.139. The Kier molecular flexibility index (Phi) is 14.1. The molecule has 0 spiro atoms. The van der Waals surface area contributed by atoms with Crippen LogP contribution in [0.2, 0.25) is 0 Å². The van der Waals surface area contributed by atoms with E-state index >= 15 is 0 Å². The van der Waals surface area contributed by atoms with Crippen LogP contribution in [0.4, 0.5) is 0 Å². The Morgan fingerprint density at radius 2 is 0.402 bits per heavy atom. The van der Waals surface area contributed by atoms with Crippen LogP contribution >= 0.6 is 0 Å². The summed E-state index contributed by atoms with van der Waals surface area (Å²) in [5, 5.41) is 74.8. The summed E-state index contributed by atoms with van der Waals surface area (Å²) in [6, 6.07) is 49.5. The smallest absolute Gasteiger partial charge is 0.167 e. The van der Waals surface area contributed by atoms with Gasteiger partial charge in [-0.05, 0) is 225 Å². The molecule has 0 N–H and O–H groups in total. The van der Waals surface area contributed by atoms with Crippen molar-refractivity contribution in [2.45, 2.75) is 176 Å². The molecule has 24 rings (SSSR count). The van der Waals surface area contributed by atoms with Gasteiger partial charge in [-0.15, -0.1) is 20.4 Å². The standard InChI is InChI=1S/4C19H20N4/c4*20-12-17-18(16-4-2-1-3-5-16)21-22-23(17)19-9-13-6-14(10-19)8-15(7-13)11-19/h4*1-5,13-15H,6-11H2. The van der Waals surface area contributed by atoms with Crippen molar-refractivity contribution < 1.29 is 0 Å². The van der Waals surface area contributed by atoms with Crippen LogP contribution < -0.4 is 0 Å². The summed E-state index contributed by atoms with van der Waals surface area (Å²) in [6.07, 6.45) is 30.9. The van der Waals surface area contributed by atoms with Gasteiger partial charge in [0.15, 0.2) is 22.8 Å². The fourth-order valence-electron chi connectivity index (χ4n) is 23.3. The monoisotopic (exact) mass is 1220 g/mol. The number of hydrogen-bond acceptors (Lipinski definition) is 12. The molecular formula is C76H80N16. The number of nitriles is 4. The molecule has 16 saturated carbocycles. The van der Waals surface area contributed by atoms with Gasteiger partial charge in [-0.2, -0.15) is 21.0 Å². The summed E-state index contributed by atoms with van der Waals surface area (Å²) in [5.41, 5.74) is 9.73. The zero-order valence-electron chi connectivity index (χ0n) is 52.6. The van der Waals surface area contributed by atoms with Gasteiger partial charge >= 0.3 is 0 Å². The van der Waals surface area contributed by atoms with Crippen molar-refractivity contribution in [1.82, 2.24) is 60.0 Å². The van der Waals surface area contributed by atoms with Crippen molar-refractivity contribution >= 4 is 0 Å². The number of benzene rings is 4. The second-order valence-electron chi connectivity index (χ2n) is 31.3. The lowest BCUT2D eigenvalue weighted by Crippen LogP contribution is -2.52. The first-order valence-electron chi connectivity index (χ1n) is 34.8. The third kappa shape index (κ3) is 9.83. The lowest BCUT2D eigenvalue weighted by Gasteiger charge is -2.56. The maximum atomic E-state index is 9.80. The first-order chi connectivity index (χ1) is 45.1. The van der Waals surface area contributed by atoms with Crippen molar-refractivity contribution in [3.05, 3.63) is 144 Å². The van der Waals surface area contributed by atoms with Gasteiger partial charge in [0.2, 0.25) is 0 Å². The zero-order valence-corrected chi connectivity index (χ0v) is 52.6. The molecular weight excluding hydrogens is 1140 g/mol. The van der Waals surface area contributed by atoms with Gasteiger partial charge in [0.25, 0.3) is 0 Å². The first-order valence-corrected chi connectivity index (χ1v) is 34.8. The van der Waals surface area contributed by atoms with Crippen LogP contribution in [0.5, 0.6) is 0 Å². The van der Waals surface area contributed by atoms with Crippen LogP contribution in [0.3, 0.4) is 0 Å². The molecule has 464 valence electrons. The Balaban J connectivity index is 0.0000000939. The lowest BCUT2D eigenvalue weighted by atomic mass is 9.53. The van der Waals surface area contributed by atoms with Gasteiger partial charge in [-0.25, -0.2) is 18.7 Å². The maximum absolute atomic E-state index is 9.80. The Morgan fingerprint density at radius 3 is 0.543 bits per heavy atom. The van der Waals surface area contributed by atoms with E-state index < -0.39 is 0 Å². The predicted octanol–water partition coefficient (Wildman–Crippen LogP) is 15.0. The molecule has 16 aliphatic rings. The highest BCUT2D eigenvalue weighted by Gasteiger charge is 2.57. The molecule has 0 aliphatic heterocycles. The highest BCUT2D eigenvalue weighted by atomic mass is 15.5. The third-order valence-corrected chi connectivity index (χ3v) is 25.1. The Bertz CT molecular complexity index is 3540. The number of aromatic nitrogens is 12. The van der Waals surface area contributed by atoms with Crippen LogP contribution in [0.15, 0.2) is 121 Å². The van der Waals surface area contributed by atoms with E-state index in [-0.39, 0.29) is 22.2 Å². The summed E-state index contributed by atoms with van der Waals surface area (Å²) >= 11 is 0. The zero-order chi connectivity index (χ0) is 61.8. The molecule has 92 heavy (non-hydrogen) atoms. The van der Waals surface area contributed by atoms with Crippen LogP contribution in [0.1, 0.15) is 177 Å². The molecule has 16 heteroatoms. The minimum atomic E-state index is 0.0554. The largest absolute Gasteiger partial charge is 0.228 e. The molecule has 8 aromatic rings. The highest BCUT2D eigenvalue weighted by molar-refractivity contribution is 5.67. The number of rotatable bonds is 8. The van der Waals surface area contributed by atoms with E-state index in [4.69, 9.17) is 0 Å². The van der Waals surface area contributed by atoms with E-state index in [0.717, 1.165) is 116 Å². The second kappa shape index (κ2) is 22.6. The second-order valence-corrected chi connectivity index (χ2v) is 31.3. The van der Waals surface area contributed by atoms with Gasteiger partial charge in [-0.3, -0.25) is 0 Å². The van der Waals surface area contributed by atoms with Gasteiger partial charge < -0.3 is 0 Å². The normalized spacial score (nSPS) is 34.5. The fourth-order valence-corrected chi connectivity index (χ4v) is 23.3. The average molecular weight is 1220 g/mol. The molecule has 4 aromatic carbocycles. The Morgan fingerprint density at radius 1 is 0.250 bits per heavy atom. The first kappa shape index (κ1) is 57.3. The van der Waals surface area contributed by atoms with Crippen LogP contribution in [-0.2, 0) is 22.2 Å². The minimum absolute atomic E-state index is 0.0554. The Hall–Kier alpha value is -8.60. The van der Waals surface area contributed by atoms with Gasteiger partial charge in [0.05, 0.1) is 22.2 Å². The fraction of sp³-hybridized carbons (Fsp3) is 0.526. The van der Waals surface area contributed by atoms with Crippen LogP contribution in [-0.4, -0.2) is 60.0 Å². The third-order valence-electron chi connectivity index (χ3n) is 25.1. The Labute approximate surface area is 539 Å². The van der Waals surface area contributed by atoms with Crippen molar-refractivity contribution in [2.75, 3.05) is 0 Å². The van der Waals surface area contributed by atoms with Crippen molar-refractivity contribution in [1.29, 1.82) is 21.0 Å². The van der Waals surface area contributed by atoms with Gasteiger partial charge in [-0.1, -0.05) is 142 Å². The topological polar surface area (TPSA) is 218 Å². The molecule has 0 atom stereocenters. The van der Waals surface area contributed by atoms with E-state index in [1.165, 1.54) is 154 Å². The molecule has 0 saturated heterocycles. The van der Waals surface area contributed by atoms with Crippen molar-refractivity contribution in [3.63, 3.8) is 0 Å². The van der Waals surface area contributed by atoms with E-state index in [9.17, 15) is 21.0 Å². The molecule has 16 nitrogen and oxygen atoms in total.